The molecule has 0 aliphatic carbocycles. The van der Waals surface area contributed by atoms with Crippen LogP contribution < -0.4 is 15.0 Å². The number of nitrogens with zero attached hydrogens (tertiary/aromatic N) is 2. The van der Waals surface area contributed by atoms with Crippen molar-refractivity contribution in [3.63, 3.8) is 0 Å². The van der Waals surface area contributed by atoms with E-state index in [1.807, 2.05) is 24.3 Å². The van der Waals surface area contributed by atoms with Gasteiger partial charge in [0.25, 0.3) is 0 Å². The van der Waals surface area contributed by atoms with E-state index in [4.69, 9.17) is 17.0 Å². The van der Waals surface area contributed by atoms with Crippen LogP contribution in [0.1, 0.15) is 11.1 Å². The molecule has 1 fully saturated rings. The Bertz CT molecular complexity index is 754. The fourth-order valence-corrected chi connectivity index (χ4v) is 3.55. The summed E-state index contributed by atoms with van der Waals surface area (Å²) in [5.41, 5.74) is 4.88. The van der Waals surface area contributed by atoms with Gasteiger partial charge in [0.2, 0.25) is 0 Å². The van der Waals surface area contributed by atoms with Crippen molar-refractivity contribution in [1.29, 1.82) is 0 Å². The van der Waals surface area contributed by atoms with E-state index in [9.17, 15) is 0 Å². The highest BCUT2D eigenvalue weighted by Gasteiger charge is 2.20. The summed E-state index contributed by atoms with van der Waals surface area (Å²) in [5, 5.41) is 4.07. The van der Waals surface area contributed by atoms with E-state index in [1.165, 1.54) is 16.8 Å². The van der Waals surface area contributed by atoms with Crippen LogP contribution in [0, 0.1) is 13.8 Å². The van der Waals surface area contributed by atoms with Gasteiger partial charge < -0.3 is 19.9 Å². The van der Waals surface area contributed by atoms with Crippen LogP contribution in [0.4, 0.5) is 11.4 Å². The third kappa shape index (κ3) is 4.04. The predicted octanol–water partition coefficient (Wildman–Crippen LogP) is 3.83. The molecule has 0 unspecified atom stereocenters. The summed E-state index contributed by atoms with van der Waals surface area (Å²) in [6, 6.07) is 14.5. The quantitative estimate of drug-likeness (QED) is 0.845. The minimum Gasteiger partial charge on any atom is -0.495 e. The van der Waals surface area contributed by atoms with E-state index in [-0.39, 0.29) is 0 Å². The van der Waals surface area contributed by atoms with E-state index < -0.39 is 0 Å². The first-order chi connectivity index (χ1) is 12.1. The summed E-state index contributed by atoms with van der Waals surface area (Å²) in [7, 11) is 1.67. The lowest BCUT2D eigenvalue weighted by molar-refractivity contribution is 0.390. The van der Waals surface area contributed by atoms with E-state index in [1.54, 1.807) is 7.11 Å². The first-order valence-corrected chi connectivity index (χ1v) is 9.00. The largest absolute Gasteiger partial charge is 0.495 e. The minimum atomic E-state index is 0.754. The molecule has 5 heteroatoms. The molecule has 0 atom stereocenters. The summed E-state index contributed by atoms with van der Waals surface area (Å²) in [4.78, 5) is 4.67. The van der Waals surface area contributed by atoms with Crippen molar-refractivity contribution in [1.82, 2.24) is 4.90 Å². The number of hydrogen-bond donors (Lipinski definition) is 1. The number of para-hydroxylation sites is 2. The van der Waals surface area contributed by atoms with Gasteiger partial charge in [-0.15, -0.1) is 0 Å². The number of benzene rings is 2. The monoisotopic (exact) mass is 355 g/mol. The van der Waals surface area contributed by atoms with Gasteiger partial charge in [0, 0.05) is 31.9 Å². The molecule has 1 heterocycles. The zero-order valence-electron chi connectivity index (χ0n) is 15.1. The molecule has 0 bridgehead atoms. The maximum Gasteiger partial charge on any atom is 0.173 e. The topological polar surface area (TPSA) is 27.7 Å². The molecule has 1 saturated heterocycles. The van der Waals surface area contributed by atoms with Crippen molar-refractivity contribution in [2.45, 2.75) is 13.8 Å². The van der Waals surface area contributed by atoms with Crippen molar-refractivity contribution in [2.75, 3.05) is 43.5 Å². The van der Waals surface area contributed by atoms with Gasteiger partial charge >= 0.3 is 0 Å². The van der Waals surface area contributed by atoms with Crippen molar-refractivity contribution in [3.05, 3.63) is 53.6 Å². The van der Waals surface area contributed by atoms with Crippen LogP contribution >= 0.6 is 12.2 Å². The molecule has 3 rings (SSSR count). The van der Waals surface area contributed by atoms with Crippen LogP contribution in [0.2, 0.25) is 0 Å². The van der Waals surface area contributed by atoms with Crippen LogP contribution in [0.5, 0.6) is 5.75 Å². The van der Waals surface area contributed by atoms with E-state index in [2.05, 4.69) is 47.2 Å². The first-order valence-electron chi connectivity index (χ1n) is 8.59. The summed E-state index contributed by atoms with van der Waals surface area (Å²) < 4.78 is 5.38. The van der Waals surface area contributed by atoms with E-state index >= 15 is 0 Å². The van der Waals surface area contributed by atoms with Crippen molar-refractivity contribution < 1.29 is 4.74 Å². The number of nitrogens with one attached hydrogen (secondary N) is 1. The zero-order chi connectivity index (χ0) is 17.8. The van der Waals surface area contributed by atoms with Crippen LogP contribution in [0.3, 0.4) is 0 Å². The molecule has 0 radical (unpaired) electrons. The molecule has 0 aromatic heterocycles. The Kier molecular flexibility index (Phi) is 5.43. The van der Waals surface area contributed by atoms with E-state index in [0.29, 0.717) is 0 Å². The molecule has 132 valence electrons. The lowest BCUT2D eigenvalue weighted by atomic mass is 10.1. The van der Waals surface area contributed by atoms with Crippen LogP contribution in [0.15, 0.2) is 42.5 Å². The highest BCUT2D eigenvalue weighted by atomic mass is 32.1. The number of ether oxygens (including phenoxy) is 1. The van der Waals surface area contributed by atoms with Crippen molar-refractivity contribution in [3.8, 4) is 5.75 Å². The molecular formula is C20H25N3OS. The highest BCUT2D eigenvalue weighted by molar-refractivity contribution is 7.80. The Hall–Kier alpha value is -2.27. The molecule has 2 aromatic carbocycles. The summed E-state index contributed by atoms with van der Waals surface area (Å²) in [5.74, 6) is 0.804. The van der Waals surface area contributed by atoms with Gasteiger partial charge in [0.05, 0.1) is 12.8 Å². The number of rotatable bonds is 3. The number of methoxy groups -OCH3 is 1. The number of hydrogen-bond acceptors (Lipinski definition) is 3. The smallest absolute Gasteiger partial charge is 0.173 e. The lowest BCUT2D eigenvalue weighted by Crippen LogP contribution is -2.50. The maximum atomic E-state index is 5.60. The molecular weight excluding hydrogens is 330 g/mol. The normalized spacial score (nSPS) is 14.4. The number of piperazine rings is 1. The fourth-order valence-electron chi connectivity index (χ4n) is 3.25. The average Bonchev–Trinajstić information content (AvgIpc) is 2.62. The Morgan fingerprint density at radius 3 is 2.44 bits per heavy atom. The van der Waals surface area contributed by atoms with Gasteiger partial charge in [-0.05, 0) is 49.8 Å². The molecule has 0 saturated carbocycles. The maximum absolute atomic E-state index is 5.60. The van der Waals surface area contributed by atoms with Gasteiger partial charge in [0.1, 0.15) is 5.75 Å². The van der Waals surface area contributed by atoms with Crippen LogP contribution in [0.25, 0.3) is 0 Å². The lowest BCUT2D eigenvalue weighted by Gasteiger charge is -2.38. The second-order valence-corrected chi connectivity index (χ2v) is 6.78. The molecule has 1 aliphatic heterocycles. The Morgan fingerprint density at radius 2 is 1.76 bits per heavy atom. The Labute approximate surface area is 155 Å². The third-order valence-electron chi connectivity index (χ3n) is 4.61. The van der Waals surface area contributed by atoms with Gasteiger partial charge in [-0.3, -0.25) is 0 Å². The summed E-state index contributed by atoms with van der Waals surface area (Å²) in [6.07, 6.45) is 0. The van der Waals surface area contributed by atoms with Crippen molar-refractivity contribution >= 4 is 28.7 Å². The van der Waals surface area contributed by atoms with Crippen molar-refractivity contribution in [2.24, 2.45) is 0 Å². The van der Waals surface area contributed by atoms with E-state index in [0.717, 1.165) is 42.7 Å². The first kappa shape index (κ1) is 17.5. The van der Waals surface area contributed by atoms with Gasteiger partial charge in [-0.25, -0.2) is 0 Å². The molecule has 1 aliphatic rings. The Morgan fingerprint density at radius 1 is 1.04 bits per heavy atom. The second-order valence-electron chi connectivity index (χ2n) is 6.39. The standard InChI is InChI=1S/C20H25N3OS/c1-15-8-9-18(16(2)14-15)22-10-12-23(13-11-22)20(25)21-17-6-4-5-7-19(17)24-3/h4-9,14H,10-13H2,1-3H3,(H,21,25). The second kappa shape index (κ2) is 7.74. The summed E-state index contributed by atoms with van der Waals surface area (Å²) >= 11 is 5.60. The minimum absolute atomic E-state index is 0.754. The molecule has 0 spiro atoms. The number of anilines is 2. The average molecular weight is 356 g/mol. The van der Waals surface area contributed by atoms with Gasteiger partial charge in [0.15, 0.2) is 5.11 Å². The molecule has 2 aromatic rings. The molecule has 4 nitrogen and oxygen atoms in total. The third-order valence-corrected chi connectivity index (χ3v) is 4.97. The highest BCUT2D eigenvalue weighted by Crippen LogP contribution is 2.25. The van der Waals surface area contributed by atoms with Gasteiger partial charge in [-0.1, -0.05) is 29.8 Å². The van der Waals surface area contributed by atoms with Crippen LogP contribution in [-0.2, 0) is 0 Å². The molecule has 1 N–H and O–H groups in total. The molecule has 25 heavy (non-hydrogen) atoms. The van der Waals surface area contributed by atoms with Gasteiger partial charge in [-0.2, -0.15) is 0 Å². The fraction of sp³-hybridized carbons (Fsp3) is 0.350. The Balaban J connectivity index is 1.61. The summed E-state index contributed by atoms with van der Waals surface area (Å²) in [6.45, 7) is 8.08. The number of aryl methyl sites for hydroxylation is 2. The zero-order valence-corrected chi connectivity index (χ0v) is 15.9. The SMILES string of the molecule is COc1ccccc1NC(=S)N1CCN(c2ccc(C)cc2C)CC1. The predicted molar refractivity (Wildman–Crippen MR) is 109 cm³/mol. The van der Waals surface area contributed by atoms with Crippen LogP contribution in [-0.4, -0.2) is 43.3 Å². The number of thiocarbonyl (C=S) groups is 1. The molecule has 0 amide bonds.